The van der Waals surface area contributed by atoms with Gasteiger partial charge in [0.2, 0.25) is 5.91 Å². The third-order valence-electron chi connectivity index (χ3n) is 2.25. The maximum Gasteiger partial charge on any atom is 0.293 e. The molecule has 1 amide bonds. The van der Waals surface area contributed by atoms with E-state index < -0.39 is 16.8 Å². The van der Waals surface area contributed by atoms with Crippen LogP contribution in [0.15, 0.2) is 16.6 Å². The molecule has 8 heteroatoms. The number of nitro groups is 1. The Bertz CT molecular complexity index is 496. The predicted octanol–water partition coefficient (Wildman–Crippen LogP) is 2.04. The second-order valence-corrected chi connectivity index (χ2v) is 4.38. The molecular weight excluding hydrogens is 309 g/mol. The van der Waals surface area contributed by atoms with Crippen LogP contribution in [0.25, 0.3) is 0 Å². The Labute approximate surface area is 111 Å². The summed E-state index contributed by atoms with van der Waals surface area (Å²) in [4.78, 5) is 21.5. The van der Waals surface area contributed by atoms with E-state index in [2.05, 4.69) is 26.6 Å². The maximum absolute atomic E-state index is 13.3. The summed E-state index contributed by atoms with van der Waals surface area (Å²) >= 11 is 2.87. The van der Waals surface area contributed by atoms with E-state index in [9.17, 15) is 19.3 Å². The number of amides is 1. The molecule has 0 spiro atoms. The molecule has 0 heterocycles. The quantitative estimate of drug-likeness (QED) is 0.657. The molecule has 98 valence electrons. The first-order valence-electron chi connectivity index (χ1n) is 4.98. The highest BCUT2D eigenvalue weighted by atomic mass is 79.9. The Morgan fingerprint density at radius 2 is 2.17 bits per heavy atom. The second-order valence-electron chi connectivity index (χ2n) is 3.52. The number of hydrogen-bond acceptors (Lipinski definition) is 4. The van der Waals surface area contributed by atoms with Crippen LogP contribution in [0.4, 0.5) is 15.8 Å². The molecule has 0 aliphatic rings. The van der Waals surface area contributed by atoms with Crippen LogP contribution >= 0.6 is 15.9 Å². The van der Waals surface area contributed by atoms with Crippen LogP contribution in [0.5, 0.6) is 0 Å². The van der Waals surface area contributed by atoms with E-state index in [4.69, 9.17) is 0 Å². The van der Waals surface area contributed by atoms with Gasteiger partial charge in [0, 0.05) is 19.2 Å². The van der Waals surface area contributed by atoms with Crippen LogP contribution in [0.1, 0.15) is 6.92 Å². The van der Waals surface area contributed by atoms with Gasteiger partial charge in [0.05, 0.1) is 9.40 Å². The number of likely N-dealkylation sites (N-methyl/N-ethyl adjacent to an activating group) is 1. The number of nitrogens with one attached hydrogen (secondary N) is 2. The van der Waals surface area contributed by atoms with E-state index in [0.717, 1.165) is 12.1 Å². The average molecular weight is 320 g/mol. The zero-order valence-corrected chi connectivity index (χ0v) is 11.2. The van der Waals surface area contributed by atoms with E-state index in [1.54, 1.807) is 0 Å². The van der Waals surface area contributed by atoms with Crippen LogP contribution in [-0.4, -0.2) is 23.9 Å². The maximum atomic E-state index is 13.3. The lowest BCUT2D eigenvalue weighted by Gasteiger charge is -2.14. The van der Waals surface area contributed by atoms with E-state index in [-0.39, 0.29) is 21.8 Å². The predicted molar refractivity (Wildman–Crippen MR) is 67.9 cm³/mol. The lowest BCUT2D eigenvalue weighted by Crippen LogP contribution is -2.35. The minimum absolute atomic E-state index is 0.00709. The molecule has 2 N–H and O–H groups in total. The normalized spacial score (nSPS) is 11.8. The molecule has 18 heavy (non-hydrogen) atoms. The summed E-state index contributed by atoms with van der Waals surface area (Å²) in [6, 6.07) is 1.31. The van der Waals surface area contributed by atoms with Crippen molar-refractivity contribution in [2.24, 2.45) is 0 Å². The van der Waals surface area contributed by atoms with Crippen molar-refractivity contribution in [3.8, 4) is 0 Å². The number of nitrogens with zero attached hydrogens (tertiary/aromatic N) is 1. The first-order chi connectivity index (χ1) is 8.36. The Morgan fingerprint density at radius 1 is 1.56 bits per heavy atom. The SMILES string of the molecule is CNC(=O)C(C)Nc1cc(F)c(Br)cc1[N+](=O)[O-]. The van der Waals surface area contributed by atoms with Gasteiger partial charge in [-0.25, -0.2) is 4.39 Å². The van der Waals surface area contributed by atoms with Crippen LogP contribution in [0.3, 0.4) is 0 Å². The Hall–Kier alpha value is -1.70. The molecule has 1 atom stereocenters. The Kier molecular flexibility index (Phi) is 4.60. The molecule has 0 radical (unpaired) electrons. The summed E-state index contributed by atoms with van der Waals surface area (Å²) in [6.45, 7) is 1.52. The largest absolute Gasteiger partial charge is 0.368 e. The molecule has 0 saturated carbocycles. The first kappa shape index (κ1) is 14.4. The van der Waals surface area contributed by atoms with Gasteiger partial charge in [0.15, 0.2) is 0 Å². The monoisotopic (exact) mass is 319 g/mol. The lowest BCUT2D eigenvalue weighted by molar-refractivity contribution is -0.384. The molecule has 1 aromatic rings. The number of nitro benzene ring substituents is 1. The molecule has 1 aromatic carbocycles. The number of rotatable bonds is 4. The summed E-state index contributed by atoms with van der Waals surface area (Å²) in [7, 11) is 1.44. The van der Waals surface area contributed by atoms with Gasteiger partial charge in [0.1, 0.15) is 17.5 Å². The molecule has 0 aliphatic heterocycles. The number of halogens is 2. The first-order valence-corrected chi connectivity index (χ1v) is 5.77. The fourth-order valence-electron chi connectivity index (χ4n) is 1.32. The zero-order chi connectivity index (χ0) is 13.9. The van der Waals surface area contributed by atoms with Crippen LogP contribution in [-0.2, 0) is 4.79 Å². The zero-order valence-electron chi connectivity index (χ0n) is 9.66. The van der Waals surface area contributed by atoms with E-state index in [1.165, 1.54) is 14.0 Å². The summed E-state index contributed by atoms with van der Waals surface area (Å²) in [5, 5.41) is 15.8. The van der Waals surface area contributed by atoms with Gasteiger partial charge in [-0.15, -0.1) is 0 Å². The minimum Gasteiger partial charge on any atom is -0.368 e. The molecule has 0 fully saturated rings. The Morgan fingerprint density at radius 3 is 2.67 bits per heavy atom. The van der Waals surface area contributed by atoms with E-state index in [1.807, 2.05) is 0 Å². The van der Waals surface area contributed by atoms with Gasteiger partial charge < -0.3 is 10.6 Å². The molecule has 0 saturated heterocycles. The molecular formula is C10H11BrFN3O3. The third kappa shape index (κ3) is 3.16. The van der Waals surface area contributed by atoms with Crippen molar-refractivity contribution in [2.45, 2.75) is 13.0 Å². The van der Waals surface area contributed by atoms with Gasteiger partial charge in [-0.3, -0.25) is 14.9 Å². The van der Waals surface area contributed by atoms with E-state index in [0.29, 0.717) is 0 Å². The fourth-order valence-corrected chi connectivity index (χ4v) is 1.65. The van der Waals surface area contributed by atoms with Gasteiger partial charge in [-0.1, -0.05) is 0 Å². The second kappa shape index (κ2) is 5.76. The van der Waals surface area contributed by atoms with Gasteiger partial charge >= 0.3 is 0 Å². The van der Waals surface area contributed by atoms with Crippen molar-refractivity contribution in [1.82, 2.24) is 5.32 Å². The number of carbonyl (C=O) groups excluding carboxylic acids is 1. The number of carbonyl (C=O) groups is 1. The summed E-state index contributed by atoms with van der Waals surface area (Å²) in [5.41, 5.74) is -0.351. The van der Waals surface area contributed by atoms with Crippen molar-refractivity contribution in [3.05, 3.63) is 32.5 Å². The Balaban J connectivity index is 3.11. The number of hydrogen-bond donors (Lipinski definition) is 2. The average Bonchev–Trinajstić information content (AvgIpc) is 2.31. The van der Waals surface area contributed by atoms with Gasteiger partial charge in [-0.05, 0) is 22.9 Å². The highest BCUT2D eigenvalue weighted by Crippen LogP contribution is 2.30. The van der Waals surface area contributed by atoms with Gasteiger partial charge in [0.25, 0.3) is 5.69 Å². The molecule has 0 aliphatic carbocycles. The van der Waals surface area contributed by atoms with Crippen molar-refractivity contribution >= 4 is 33.2 Å². The standard InChI is InChI=1S/C10H11BrFN3O3/c1-5(10(16)13-2)14-8-4-7(12)6(11)3-9(8)15(17)18/h3-5,14H,1-2H3,(H,13,16). The molecule has 1 unspecified atom stereocenters. The smallest absolute Gasteiger partial charge is 0.293 e. The van der Waals surface area contributed by atoms with Crippen LogP contribution < -0.4 is 10.6 Å². The van der Waals surface area contributed by atoms with Crippen molar-refractivity contribution in [2.75, 3.05) is 12.4 Å². The van der Waals surface area contributed by atoms with Crippen LogP contribution in [0, 0.1) is 15.9 Å². The molecule has 0 bridgehead atoms. The van der Waals surface area contributed by atoms with Crippen molar-refractivity contribution < 1.29 is 14.1 Å². The van der Waals surface area contributed by atoms with Gasteiger partial charge in [-0.2, -0.15) is 0 Å². The lowest BCUT2D eigenvalue weighted by atomic mass is 10.2. The fraction of sp³-hybridized carbons (Fsp3) is 0.300. The highest BCUT2D eigenvalue weighted by Gasteiger charge is 2.20. The number of anilines is 1. The molecule has 6 nitrogen and oxygen atoms in total. The summed E-state index contributed by atoms with van der Waals surface area (Å²) < 4.78 is 13.3. The van der Waals surface area contributed by atoms with Crippen LogP contribution in [0.2, 0.25) is 0 Å². The van der Waals surface area contributed by atoms with E-state index >= 15 is 0 Å². The topological polar surface area (TPSA) is 84.3 Å². The third-order valence-corrected chi connectivity index (χ3v) is 2.85. The minimum atomic E-state index is -0.714. The summed E-state index contributed by atoms with van der Waals surface area (Å²) in [6.07, 6.45) is 0. The van der Waals surface area contributed by atoms with Crippen molar-refractivity contribution in [3.63, 3.8) is 0 Å². The highest BCUT2D eigenvalue weighted by molar-refractivity contribution is 9.10. The van der Waals surface area contributed by atoms with Crippen molar-refractivity contribution in [1.29, 1.82) is 0 Å². The molecule has 1 rings (SSSR count). The summed E-state index contributed by atoms with van der Waals surface area (Å²) in [5.74, 6) is -1.00. The molecule has 0 aromatic heterocycles. The number of benzene rings is 1.